The predicted molar refractivity (Wildman–Crippen MR) is 227 cm³/mol. The first kappa shape index (κ1) is 48.0. The van der Waals surface area contributed by atoms with Gasteiger partial charge in [0.25, 0.3) is 20.2 Å². The molecule has 2 aliphatic rings. The molecule has 2 unspecified atom stereocenters. The van der Waals surface area contributed by atoms with Gasteiger partial charge in [0.1, 0.15) is 11.5 Å². The predicted octanol–water partition coefficient (Wildman–Crippen LogP) is 7.42. The zero-order valence-electron chi connectivity index (χ0n) is 34.8. The number of rotatable bonds is 17. The van der Waals surface area contributed by atoms with Gasteiger partial charge in [-0.25, -0.2) is 9.59 Å². The maximum atomic E-state index is 13.5. The SMILES string of the molecule is O=C(CCCCC(=O)OC(O)(c1ccccc1OC(=O)c1cccc(S(=O)(=O)O)c1)C1CCCCC1)OC(O)(c1ccccc1OC(=O)c1cccc(S(=O)(=O)O)c1)C1CCCCC1. The molecule has 2 saturated carbocycles. The van der Waals surface area contributed by atoms with Gasteiger partial charge in [-0.05, 0) is 99.2 Å². The van der Waals surface area contributed by atoms with Crippen LogP contribution in [0.5, 0.6) is 11.5 Å². The molecule has 64 heavy (non-hydrogen) atoms. The molecular formula is C46H50O16S2. The van der Waals surface area contributed by atoms with Crippen molar-refractivity contribution < 1.29 is 74.3 Å². The van der Waals surface area contributed by atoms with Crippen LogP contribution < -0.4 is 9.47 Å². The van der Waals surface area contributed by atoms with E-state index in [-0.39, 0.29) is 59.4 Å². The topological polar surface area (TPSA) is 254 Å². The molecule has 4 aromatic carbocycles. The molecule has 0 aliphatic heterocycles. The molecule has 4 N–H and O–H groups in total. The summed E-state index contributed by atoms with van der Waals surface area (Å²) in [5.74, 6) is -9.51. The molecule has 0 bridgehead atoms. The first-order valence-electron chi connectivity index (χ1n) is 21.1. The zero-order valence-corrected chi connectivity index (χ0v) is 36.4. The van der Waals surface area contributed by atoms with Gasteiger partial charge < -0.3 is 29.2 Å². The maximum absolute atomic E-state index is 13.5. The molecule has 4 aromatic rings. The Hall–Kier alpha value is -5.50. The summed E-state index contributed by atoms with van der Waals surface area (Å²) >= 11 is 0. The molecule has 0 saturated heterocycles. The van der Waals surface area contributed by atoms with Gasteiger partial charge >= 0.3 is 23.9 Å². The van der Waals surface area contributed by atoms with Gasteiger partial charge in [-0.2, -0.15) is 16.8 Å². The Balaban J connectivity index is 1.13. The Labute approximate surface area is 371 Å². The van der Waals surface area contributed by atoms with E-state index in [0.29, 0.717) is 25.7 Å². The zero-order chi connectivity index (χ0) is 46.1. The Morgan fingerprint density at radius 1 is 0.516 bits per heavy atom. The number of benzene rings is 4. The van der Waals surface area contributed by atoms with Crippen molar-refractivity contribution in [1.29, 1.82) is 0 Å². The third kappa shape index (κ3) is 11.8. The Bertz CT molecular complexity index is 2390. The van der Waals surface area contributed by atoms with E-state index in [1.165, 1.54) is 48.5 Å². The Morgan fingerprint density at radius 2 is 0.875 bits per heavy atom. The quantitative estimate of drug-likeness (QED) is 0.0264. The lowest BCUT2D eigenvalue weighted by Crippen LogP contribution is -2.41. The molecule has 0 aromatic heterocycles. The maximum Gasteiger partial charge on any atom is 0.343 e. The van der Waals surface area contributed by atoms with Crippen molar-refractivity contribution in [3.8, 4) is 11.5 Å². The summed E-state index contributed by atoms with van der Waals surface area (Å²) in [5, 5.41) is 24.5. The molecule has 18 heteroatoms. The summed E-state index contributed by atoms with van der Waals surface area (Å²) in [5.41, 5.74) is -0.405. The van der Waals surface area contributed by atoms with Crippen molar-refractivity contribution in [2.75, 3.05) is 0 Å². The van der Waals surface area contributed by atoms with Crippen LogP contribution >= 0.6 is 0 Å². The van der Waals surface area contributed by atoms with Gasteiger partial charge in [0.05, 0.1) is 32.0 Å². The van der Waals surface area contributed by atoms with Gasteiger partial charge in [-0.1, -0.05) is 74.9 Å². The number of carbonyl (C=O) groups excluding carboxylic acids is 4. The number of hydrogen-bond donors (Lipinski definition) is 4. The van der Waals surface area contributed by atoms with Crippen LogP contribution in [0.1, 0.15) is 122 Å². The Morgan fingerprint density at radius 3 is 1.23 bits per heavy atom. The normalized spacial score (nSPS) is 17.0. The molecular weight excluding hydrogens is 873 g/mol. The molecule has 0 amide bonds. The fraction of sp³-hybridized carbons (Fsp3) is 0.391. The van der Waals surface area contributed by atoms with E-state index in [1.807, 2.05) is 0 Å². The van der Waals surface area contributed by atoms with Gasteiger partial charge in [0.15, 0.2) is 0 Å². The molecule has 0 heterocycles. The van der Waals surface area contributed by atoms with E-state index in [2.05, 4.69) is 0 Å². The summed E-state index contributed by atoms with van der Waals surface area (Å²) in [7, 11) is -9.25. The number of unbranched alkanes of at least 4 members (excludes halogenated alkanes) is 1. The largest absolute Gasteiger partial charge is 0.428 e. The van der Waals surface area contributed by atoms with Gasteiger partial charge in [0.2, 0.25) is 11.6 Å². The number of para-hydroxylation sites is 2. The van der Waals surface area contributed by atoms with Crippen molar-refractivity contribution in [2.24, 2.45) is 11.8 Å². The summed E-state index contributed by atoms with van der Waals surface area (Å²) < 4.78 is 88.7. The van der Waals surface area contributed by atoms with Crippen molar-refractivity contribution in [2.45, 2.75) is 111 Å². The van der Waals surface area contributed by atoms with Crippen molar-refractivity contribution in [3.63, 3.8) is 0 Å². The minimum Gasteiger partial charge on any atom is -0.428 e. The van der Waals surface area contributed by atoms with Gasteiger partial charge in [0, 0.05) is 24.7 Å². The molecule has 342 valence electrons. The molecule has 2 atom stereocenters. The second-order valence-electron chi connectivity index (χ2n) is 16.0. The summed E-state index contributed by atoms with van der Waals surface area (Å²) in [4.78, 5) is 52.4. The highest BCUT2D eigenvalue weighted by Gasteiger charge is 2.46. The molecule has 6 rings (SSSR count). The number of ether oxygens (including phenoxy) is 4. The third-order valence-corrected chi connectivity index (χ3v) is 13.3. The number of aliphatic hydroxyl groups is 2. The summed E-state index contributed by atoms with van der Waals surface area (Å²) in [6, 6.07) is 21.1. The summed E-state index contributed by atoms with van der Waals surface area (Å²) in [6.45, 7) is 0. The molecule has 2 aliphatic carbocycles. The lowest BCUT2D eigenvalue weighted by atomic mass is 9.79. The van der Waals surface area contributed by atoms with Crippen LogP contribution in [-0.4, -0.2) is 60.0 Å². The second kappa shape index (κ2) is 20.6. The van der Waals surface area contributed by atoms with E-state index in [0.717, 1.165) is 62.8 Å². The number of hydrogen-bond acceptors (Lipinski definition) is 14. The van der Waals surface area contributed by atoms with Crippen molar-refractivity contribution >= 4 is 44.1 Å². The van der Waals surface area contributed by atoms with Gasteiger partial charge in [-0.15, -0.1) is 0 Å². The fourth-order valence-electron chi connectivity index (χ4n) is 8.28. The van der Waals surface area contributed by atoms with Crippen LogP contribution in [0.25, 0.3) is 0 Å². The van der Waals surface area contributed by atoms with E-state index < -0.39 is 77.3 Å². The number of esters is 4. The highest BCUT2D eigenvalue weighted by atomic mass is 32.2. The molecule has 0 spiro atoms. The Kier molecular flexibility index (Phi) is 15.4. The average Bonchev–Trinajstić information content (AvgIpc) is 3.28. The highest BCUT2D eigenvalue weighted by Crippen LogP contribution is 2.46. The third-order valence-electron chi connectivity index (χ3n) is 11.6. The van der Waals surface area contributed by atoms with Crippen LogP contribution in [0.2, 0.25) is 0 Å². The summed E-state index contributed by atoms with van der Waals surface area (Å²) in [6.07, 6.45) is 6.44. The number of carbonyl (C=O) groups is 4. The van der Waals surface area contributed by atoms with Gasteiger partial charge in [-0.3, -0.25) is 18.7 Å². The van der Waals surface area contributed by atoms with Crippen LogP contribution in [0.3, 0.4) is 0 Å². The minimum absolute atomic E-state index is 0.00213. The first-order chi connectivity index (χ1) is 30.4. The lowest BCUT2D eigenvalue weighted by Gasteiger charge is -2.38. The monoisotopic (exact) mass is 922 g/mol. The molecule has 2 fully saturated rings. The van der Waals surface area contributed by atoms with Crippen molar-refractivity contribution in [3.05, 3.63) is 119 Å². The highest BCUT2D eigenvalue weighted by molar-refractivity contribution is 7.86. The van der Waals surface area contributed by atoms with E-state index >= 15 is 0 Å². The smallest absolute Gasteiger partial charge is 0.343 e. The first-order valence-corrected chi connectivity index (χ1v) is 23.9. The standard InChI is InChI=1S/C46H50O16S2/c47-41(61-45(51,33-17-3-1-4-18-33)37-23-7-9-25-39(37)59-43(49)31-15-13-21-35(29-31)63(53,54)55)27-11-12-28-42(48)62-46(52,34-19-5-2-6-20-34)38-24-8-10-26-40(38)60-44(50)32-16-14-22-36(30-32)64(56,57)58/h7-10,13-16,21-26,29-30,33-34,51-52H,1-6,11-12,17-20,27-28H2,(H,53,54,55)(H,56,57,58). The second-order valence-corrected chi connectivity index (χ2v) is 18.8. The van der Waals surface area contributed by atoms with Crippen LogP contribution in [-0.2, 0) is 50.9 Å². The molecule has 0 radical (unpaired) electrons. The lowest BCUT2D eigenvalue weighted by molar-refractivity contribution is -0.246. The van der Waals surface area contributed by atoms with Crippen LogP contribution in [0, 0.1) is 11.8 Å². The van der Waals surface area contributed by atoms with Crippen LogP contribution in [0.4, 0.5) is 0 Å². The fourth-order valence-corrected chi connectivity index (χ4v) is 9.33. The van der Waals surface area contributed by atoms with E-state index in [9.17, 15) is 55.3 Å². The molecule has 16 nitrogen and oxygen atoms in total. The average molecular weight is 923 g/mol. The van der Waals surface area contributed by atoms with Crippen molar-refractivity contribution in [1.82, 2.24) is 0 Å². The minimum atomic E-state index is -4.62. The van der Waals surface area contributed by atoms with E-state index in [4.69, 9.17) is 18.9 Å². The van der Waals surface area contributed by atoms with E-state index in [1.54, 1.807) is 24.3 Å². The van der Waals surface area contributed by atoms with Crippen LogP contribution in [0.15, 0.2) is 107 Å².